The second kappa shape index (κ2) is 14.3. The average molecular weight is 629 g/mol. The van der Waals surface area contributed by atoms with Crippen molar-refractivity contribution in [2.75, 3.05) is 14.2 Å². The lowest BCUT2D eigenvalue weighted by Gasteiger charge is -2.28. The maximum atomic E-state index is 14.0. The molecule has 6 nitrogen and oxygen atoms in total. The van der Waals surface area contributed by atoms with E-state index in [0.29, 0.717) is 6.42 Å². The molecule has 0 aliphatic heterocycles. The molecule has 4 atom stereocenters. The standard InChI is InChI=1S/C41H40O6/c1-5-6-23-35(47-41(43)39(45-4)37-33-21-13-9-17-29(33)25-30-18-10-14-22-34(30)37)26(2)46-40(42)38(44-3)36-31-19-11-7-15-27(31)24-28-16-8-12-20-32(28)36/h7-22,24-26,35,38-39H,5-6,23H2,1-4H3/t26-,35-,38+,39+/m0/s1. The van der Waals surface area contributed by atoms with Gasteiger partial charge in [-0.3, -0.25) is 0 Å². The molecule has 0 N–H and O–H groups in total. The van der Waals surface area contributed by atoms with Crippen molar-refractivity contribution in [1.29, 1.82) is 0 Å². The molecule has 47 heavy (non-hydrogen) atoms. The van der Waals surface area contributed by atoms with Gasteiger partial charge in [0.1, 0.15) is 12.2 Å². The van der Waals surface area contributed by atoms with Gasteiger partial charge in [0.2, 0.25) is 0 Å². The third-order valence-electron chi connectivity index (χ3n) is 8.99. The summed E-state index contributed by atoms with van der Waals surface area (Å²) in [5.74, 6) is -1.07. The molecule has 0 aliphatic carbocycles. The molecular weight excluding hydrogens is 588 g/mol. The first kappa shape index (κ1) is 32.2. The summed E-state index contributed by atoms with van der Waals surface area (Å²) < 4.78 is 24.0. The van der Waals surface area contributed by atoms with E-state index in [1.165, 1.54) is 14.2 Å². The Balaban J connectivity index is 1.30. The monoisotopic (exact) mass is 628 g/mol. The molecule has 0 amide bonds. The lowest BCUT2D eigenvalue weighted by molar-refractivity contribution is -0.179. The fraction of sp³-hybridized carbons (Fsp3) is 0.268. The molecule has 0 fully saturated rings. The smallest absolute Gasteiger partial charge is 0.340 e. The first-order valence-electron chi connectivity index (χ1n) is 16.2. The van der Waals surface area contributed by atoms with Crippen molar-refractivity contribution in [3.05, 3.63) is 120 Å². The summed E-state index contributed by atoms with van der Waals surface area (Å²) in [5.41, 5.74) is 1.51. The van der Waals surface area contributed by atoms with Gasteiger partial charge in [0.05, 0.1) is 0 Å². The molecule has 6 rings (SSSR count). The van der Waals surface area contributed by atoms with Gasteiger partial charge in [-0.2, -0.15) is 0 Å². The Bertz CT molecular complexity index is 1940. The van der Waals surface area contributed by atoms with Crippen LogP contribution in [-0.4, -0.2) is 38.4 Å². The van der Waals surface area contributed by atoms with Crippen LogP contribution >= 0.6 is 0 Å². The second-order valence-corrected chi connectivity index (χ2v) is 12.0. The largest absolute Gasteiger partial charge is 0.457 e. The summed E-state index contributed by atoms with van der Waals surface area (Å²) in [6.07, 6.45) is -1.18. The molecule has 0 aromatic heterocycles. The molecule has 0 unspecified atom stereocenters. The van der Waals surface area contributed by atoms with E-state index in [-0.39, 0.29) is 0 Å². The molecule has 0 spiro atoms. The van der Waals surface area contributed by atoms with Crippen LogP contribution in [0, 0.1) is 0 Å². The van der Waals surface area contributed by atoms with Gasteiger partial charge in [-0.05, 0) is 75.0 Å². The molecule has 240 valence electrons. The molecule has 0 aliphatic rings. The van der Waals surface area contributed by atoms with Gasteiger partial charge in [0, 0.05) is 25.3 Å². The minimum absolute atomic E-state index is 0.526. The van der Waals surface area contributed by atoms with E-state index < -0.39 is 36.4 Å². The lowest BCUT2D eigenvalue weighted by Crippen LogP contribution is -2.36. The van der Waals surface area contributed by atoms with Gasteiger partial charge in [0.25, 0.3) is 0 Å². The fourth-order valence-electron chi connectivity index (χ4n) is 6.65. The Hall–Kier alpha value is -4.78. The number of fused-ring (bicyclic) bond motifs is 4. The third-order valence-corrected chi connectivity index (χ3v) is 8.99. The van der Waals surface area contributed by atoms with E-state index in [0.717, 1.165) is 67.1 Å². The predicted molar refractivity (Wildman–Crippen MR) is 187 cm³/mol. The zero-order valence-electron chi connectivity index (χ0n) is 27.3. The highest BCUT2D eigenvalue weighted by atomic mass is 16.6. The summed E-state index contributed by atoms with van der Waals surface area (Å²) in [4.78, 5) is 27.9. The maximum Gasteiger partial charge on any atom is 0.340 e. The van der Waals surface area contributed by atoms with Crippen molar-refractivity contribution in [3.8, 4) is 0 Å². The molecular formula is C41H40O6. The van der Waals surface area contributed by atoms with Gasteiger partial charge in [0.15, 0.2) is 12.2 Å². The van der Waals surface area contributed by atoms with Crippen molar-refractivity contribution < 1.29 is 28.5 Å². The van der Waals surface area contributed by atoms with Gasteiger partial charge >= 0.3 is 11.9 Å². The molecule has 0 bridgehead atoms. The Labute approximate surface area is 275 Å². The van der Waals surface area contributed by atoms with E-state index >= 15 is 0 Å². The number of ether oxygens (including phenoxy) is 4. The van der Waals surface area contributed by atoms with E-state index in [9.17, 15) is 9.59 Å². The highest BCUT2D eigenvalue weighted by Crippen LogP contribution is 2.37. The summed E-state index contributed by atoms with van der Waals surface area (Å²) in [7, 11) is 3.03. The van der Waals surface area contributed by atoms with Crippen LogP contribution in [0.25, 0.3) is 43.1 Å². The normalized spacial score (nSPS) is 14.2. The van der Waals surface area contributed by atoms with Crippen LogP contribution in [0.4, 0.5) is 0 Å². The quantitative estimate of drug-likeness (QED) is 0.0993. The third kappa shape index (κ3) is 6.44. The number of esters is 2. The zero-order valence-corrected chi connectivity index (χ0v) is 27.3. The van der Waals surface area contributed by atoms with E-state index in [4.69, 9.17) is 18.9 Å². The van der Waals surface area contributed by atoms with Crippen molar-refractivity contribution in [2.45, 2.75) is 57.5 Å². The molecule has 0 radical (unpaired) electrons. The summed E-state index contributed by atoms with van der Waals surface area (Å²) in [6.45, 7) is 3.84. The average Bonchev–Trinajstić information content (AvgIpc) is 3.10. The Morgan fingerprint density at radius 1 is 0.574 bits per heavy atom. The van der Waals surface area contributed by atoms with Crippen molar-refractivity contribution in [1.82, 2.24) is 0 Å². The first-order chi connectivity index (χ1) is 22.9. The van der Waals surface area contributed by atoms with Crippen LogP contribution in [0.5, 0.6) is 0 Å². The number of unbranched alkanes of at least 4 members (excludes halogenated alkanes) is 1. The summed E-state index contributed by atoms with van der Waals surface area (Å²) in [6, 6.07) is 36.0. The van der Waals surface area contributed by atoms with Crippen LogP contribution in [-0.2, 0) is 28.5 Å². The zero-order chi connectivity index (χ0) is 32.9. The summed E-state index contributed by atoms with van der Waals surface area (Å²) in [5, 5.41) is 7.70. The van der Waals surface area contributed by atoms with Gasteiger partial charge < -0.3 is 18.9 Å². The number of rotatable bonds is 12. The Kier molecular flexibility index (Phi) is 9.81. The van der Waals surface area contributed by atoms with Crippen LogP contribution in [0.15, 0.2) is 109 Å². The van der Waals surface area contributed by atoms with Crippen molar-refractivity contribution in [3.63, 3.8) is 0 Å². The molecule has 0 saturated heterocycles. The number of carbonyl (C=O) groups excluding carboxylic acids is 2. The first-order valence-corrected chi connectivity index (χ1v) is 16.2. The number of hydrogen-bond donors (Lipinski definition) is 0. The second-order valence-electron chi connectivity index (χ2n) is 12.0. The number of methoxy groups -OCH3 is 2. The number of carbonyl (C=O) groups is 2. The summed E-state index contributed by atoms with van der Waals surface area (Å²) >= 11 is 0. The topological polar surface area (TPSA) is 71.1 Å². The lowest BCUT2D eigenvalue weighted by atomic mass is 9.93. The minimum Gasteiger partial charge on any atom is -0.457 e. The van der Waals surface area contributed by atoms with Crippen LogP contribution in [0.2, 0.25) is 0 Å². The van der Waals surface area contributed by atoms with Crippen molar-refractivity contribution >= 4 is 55.0 Å². The maximum absolute atomic E-state index is 14.0. The number of hydrogen-bond acceptors (Lipinski definition) is 6. The Morgan fingerprint density at radius 2 is 0.936 bits per heavy atom. The van der Waals surface area contributed by atoms with E-state index in [1.54, 1.807) is 6.92 Å². The molecule has 0 saturated carbocycles. The van der Waals surface area contributed by atoms with Crippen molar-refractivity contribution in [2.24, 2.45) is 0 Å². The Morgan fingerprint density at radius 3 is 1.30 bits per heavy atom. The highest BCUT2D eigenvalue weighted by molar-refractivity contribution is 6.06. The molecule has 6 aromatic rings. The van der Waals surface area contributed by atoms with Crippen LogP contribution < -0.4 is 0 Å². The van der Waals surface area contributed by atoms with Crippen LogP contribution in [0.1, 0.15) is 56.4 Å². The minimum atomic E-state index is -0.982. The van der Waals surface area contributed by atoms with Crippen LogP contribution in [0.3, 0.4) is 0 Å². The predicted octanol–water partition coefficient (Wildman–Crippen LogP) is 9.41. The molecule has 0 heterocycles. The highest BCUT2D eigenvalue weighted by Gasteiger charge is 2.34. The van der Waals surface area contributed by atoms with Gasteiger partial charge in [-0.1, -0.05) is 110 Å². The van der Waals surface area contributed by atoms with Gasteiger partial charge in [-0.25, -0.2) is 9.59 Å². The molecule has 6 heteroatoms. The van der Waals surface area contributed by atoms with E-state index in [2.05, 4.69) is 19.1 Å². The SMILES string of the molecule is CCCC[C@H](OC(=O)[C@H](OC)c1c2ccccc2cc2ccccc12)[C@H](C)OC(=O)[C@H](OC)c1c2ccccc2cc2ccccc12. The number of benzene rings is 6. The van der Waals surface area contributed by atoms with Gasteiger partial charge in [-0.15, -0.1) is 0 Å². The van der Waals surface area contributed by atoms with E-state index in [1.807, 2.05) is 97.1 Å². The molecule has 6 aromatic carbocycles. The fourth-order valence-corrected chi connectivity index (χ4v) is 6.65.